The van der Waals surface area contributed by atoms with Crippen molar-refractivity contribution in [2.75, 3.05) is 20.2 Å². The summed E-state index contributed by atoms with van der Waals surface area (Å²) in [6.45, 7) is 0.929. The number of nitrogens with zero attached hydrogens (tertiary/aromatic N) is 2. The van der Waals surface area contributed by atoms with Crippen molar-refractivity contribution in [3.05, 3.63) is 53.7 Å². The van der Waals surface area contributed by atoms with Crippen molar-refractivity contribution in [3.8, 4) is 11.6 Å². The lowest BCUT2D eigenvalue weighted by molar-refractivity contribution is -0.141. The van der Waals surface area contributed by atoms with E-state index in [1.807, 2.05) is 12.1 Å². The van der Waals surface area contributed by atoms with Gasteiger partial charge >= 0.3 is 12.2 Å². The lowest BCUT2D eigenvalue weighted by Crippen LogP contribution is -2.58. The number of likely N-dealkylation sites (tertiary alicyclic amines) is 1. The fourth-order valence-corrected chi connectivity index (χ4v) is 2.52. The molecular formula is C18H18F3N3O3. The highest BCUT2D eigenvalue weighted by Gasteiger charge is 2.35. The highest BCUT2D eigenvalue weighted by atomic mass is 19.4. The fraction of sp³-hybridized carbons (Fsp3) is 0.333. The van der Waals surface area contributed by atoms with Gasteiger partial charge in [0.1, 0.15) is 17.5 Å². The number of urea groups is 1. The largest absolute Gasteiger partial charge is 0.497 e. The van der Waals surface area contributed by atoms with E-state index >= 15 is 0 Å². The number of hydrogen-bond acceptors (Lipinski definition) is 4. The minimum Gasteiger partial charge on any atom is -0.497 e. The summed E-state index contributed by atoms with van der Waals surface area (Å²) in [7, 11) is 1.58. The van der Waals surface area contributed by atoms with E-state index in [4.69, 9.17) is 9.47 Å². The van der Waals surface area contributed by atoms with Gasteiger partial charge in [-0.1, -0.05) is 18.2 Å². The average Bonchev–Trinajstić information content (AvgIpc) is 2.62. The monoisotopic (exact) mass is 381 g/mol. The number of pyridine rings is 1. The quantitative estimate of drug-likeness (QED) is 0.865. The fourth-order valence-electron chi connectivity index (χ4n) is 2.52. The van der Waals surface area contributed by atoms with Gasteiger partial charge in [0.25, 0.3) is 0 Å². The van der Waals surface area contributed by atoms with Crippen LogP contribution in [-0.2, 0) is 12.7 Å². The average molecular weight is 381 g/mol. The number of rotatable bonds is 5. The summed E-state index contributed by atoms with van der Waals surface area (Å²) in [4.78, 5) is 17.0. The van der Waals surface area contributed by atoms with Gasteiger partial charge in [-0.3, -0.25) is 0 Å². The number of carbonyl (C=O) groups is 1. The summed E-state index contributed by atoms with van der Waals surface area (Å²) < 4.78 is 48.4. The van der Waals surface area contributed by atoms with Crippen LogP contribution < -0.4 is 14.8 Å². The van der Waals surface area contributed by atoms with E-state index < -0.39 is 11.9 Å². The van der Waals surface area contributed by atoms with E-state index in [1.54, 1.807) is 19.2 Å². The summed E-state index contributed by atoms with van der Waals surface area (Å²) >= 11 is 0. The molecule has 144 valence electrons. The van der Waals surface area contributed by atoms with Gasteiger partial charge in [0.2, 0.25) is 5.88 Å². The molecule has 6 nitrogen and oxygen atoms in total. The number of nitrogens with one attached hydrogen (secondary N) is 1. The third kappa shape index (κ3) is 4.81. The Kier molecular flexibility index (Phi) is 5.38. The van der Waals surface area contributed by atoms with E-state index in [-0.39, 0.29) is 31.1 Å². The molecule has 0 saturated carbocycles. The lowest BCUT2D eigenvalue weighted by Gasteiger charge is -2.38. The number of methoxy groups -OCH3 is 1. The summed E-state index contributed by atoms with van der Waals surface area (Å²) in [5.74, 6) is 0.629. The minimum atomic E-state index is -4.52. The Bertz CT molecular complexity index is 790. The number of amides is 2. The highest BCUT2D eigenvalue weighted by molar-refractivity contribution is 5.75. The molecule has 2 amide bonds. The Morgan fingerprint density at radius 2 is 1.93 bits per heavy atom. The standard InChI is InChI=1S/C18H18F3N3O3/c1-26-13-7-5-12(6-8-13)9-22-17(25)24-10-14(11-24)27-16-4-2-3-15(23-16)18(19,20)21/h2-8,14H,9-11H2,1H3,(H,22,25). The molecule has 1 aromatic carbocycles. The van der Waals surface area contributed by atoms with Crippen LogP contribution in [0, 0.1) is 0 Å². The number of alkyl halides is 3. The van der Waals surface area contributed by atoms with Crippen LogP contribution >= 0.6 is 0 Å². The van der Waals surface area contributed by atoms with Gasteiger partial charge in [-0.25, -0.2) is 9.78 Å². The Hall–Kier alpha value is -2.97. The summed E-state index contributed by atoms with van der Waals surface area (Å²) in [6.07, 6.45) is -4.90. The Labute approximate surface area is 153 Å². The first-order valence-electron chi connectivity index (χ1n) is 8.22. The number of aromatic nitrogens is 1. The van der Waals surface area contributed by atoms with Crippen LogP contribution in [0.1, 0.15) is 11.3 Å². The van der Waals surface area contributed by atoms with Crippen molar-refractivity contribution in [2.24, 2.45) is 0 Å². The lowest BCUT2D eigenvalue weighted by atomic mass is 10.2. The Morgan fingerprint density at radius 1 is 1.22 bits per heavy atom. The molecule has 0 aliphatic carbocycles. The van der Waals surface area contributed by atoms with Crippen LogP contribution in [-0.4, -0.2) is 42.2 Å². The van der Waals surface area contributed by atoms with Crippen molar-refractivity contribution in [2.45, 2.75) is 18.8 Å². The van der Waals surface area contributed by atoms with E-state index in [2.05, 4.69) is 10.3 Å². The Balaban J connectivity index is 1.44. The second kappa shape index (κ2) is 7.73. The van der Waals surface area contributed by atoms with E-state index in [0.717, 1.165) is 17.4 Å². The molecule has 0 radical (unpaired) electrons. The second-order valence-corrected chi connectivity index (χ2v) is 6.01. The first kappa shape index (κ1) is 18.8. The molecule has 2 heterocycles. The molecule has 1 aliphatic heterocycles. The molecule has 1 fully saturated rings. The number of ether oxygens (including phenoxy) is 2. The maximum Gasteiger partial charge on any atom is 0.433 e. The smallest absolute Gasteiger partial charge is 0.433 e. The van der Waals surface area contributed by atoms with Gasteiger partial charge in [0, 0.05) is 12.6 Å². The van der Waals surface area contributed by atoms with Crippen molar-refractivity contribution in [1.82, 2.24) is 15.2 Å². The van der Waals surface area contributed by atoms with Crippen LogP contribution in [0.4, 0.5) is 18.0 Å². The van der Waals surface area contributed by atoms with E-state index in [0.29, 0.717) is 6.54 Å². The maximum absolute atomic E-state index is 12.7. The van der Waals surface area contributed by atoms with Crippen LogP contribution in [0.15, 0.2) is 42.5 Å². The van der Waals surface area contributed by atoms with Crippen LogP contribution in [0.25, 0.3) is 0 Å². The predicted molar refractivity (Wildman–Crippen MR) is 90.5 cm³/mol. The molecule has 2 aromatic rings. The summed E-state index contributed by atoms with van der Waals surface area (Å²) in [6, 6.07) is 10.5. The van der Waals surface area contributed by atoms with Gasteiger partial charge < -0.3 is 19.7 Å². The first-order valence-corrected chi connectivity index (χ1v) is 8.22. The maximum atomic E-state index is 12.7. The zero-order chi connectivity index (χ0) is 19.4. The molecule has 1 aromatic heterocycles. The number of hydrogen-bond donors (Lipinski definition) is 1. The van der Waals surface area contributed by atoms with Gasteiger partial charge in [-0.05, 0) is 23.8 Å². The number of carbonyl (C=O) groups excluding carboxylic acids is 1. The molecule has 1 N–H and O–H groups in total. The molecule has 0 spiro atoms. The van der Waals surface area contributed by atoms with E-state index in [1.165, 1.54) is 17.0 Å². The molecule has 0 atom stereocenters. The molecule has 9 heteroatoms. The van der Waals surface area contributed by atoms with Crippen molar-refractivity contribution in [3.63, 3.8) is 0 Å². The SMILES string of the molecule is COc1ccc(CNC(=O)N2CC(Oc3cccc(C(F)(F)F)n3)C2)cc1. The van der Waals surface area contributed by atoms with Gasteiger partial charge in [-0.15, -0.1) is 0 Å². The van der Waals surface area contributed by atoms with Crippen molar-refractivity contribution in [1.29, 1.82) is 0 Å². The van der Waals surface area contributed by atoms with Crippen molar-refractivity contribution >= 4 is 6.03 Å². The summed E-state index contributed by atoms with van der Waals surface area (Å²) in [5, 5.41) is 2.78. The topological polar surface area (TPSA) is 63.7 Å². The zero-order valence-electron chi connectivity index (χ0n) is 14.5. The van der Waals surface area contributed by atoms with Gasteiger partial charge in [-0.2, -0.15) is 13.2 Å². The third-order valence-corrected chi connectivity index (χ3v) is 4.04. The third-order valence-electron chi connectivity index (χ3n) is 4.04. The van der Waals surface area contributed by atoms with Gasteiger partial charge in [0.15, 0.2) is 0 Å². The Morgan fingerprint density at radius 3 is 2.56 bits per heavy atom. The molecule has 0 unspecified atom stereocenters. The van der Waals surface area contributed by atoms with E-state index in [9.17, 15) is 18.0 Å². The molecule has 3 rings (SSSR count). The molecule has 0 bridgehead atoms. The summed E-state index contributed by atoms with van der Waals surface area (Å²) in [5.41, 5.74) is -0.0842. The van der Waals surface area contributed by atoms with Crippen LogP contribution in [0.3, 0.4) is 0 Å². The van der Waals surface area contributed by atoms with Gasteiger partial charge in [0.05, 0.1) is 20.2 Å². The zero-order valence-corrected chi connectivity index (χ0v) is 14.5. The van der Waals surface area contributed by atoms with Crippen molar-refractivity contribution < 1.29 is 27.4 Å². The normalized spacial score (nSPS) is 14.4. The molecular weight excluding hydrogens is 363 g/mol. The molecule has 1 aliphatic rings. The number of halogens is 3. The second-order valence-electron chi connectivity index (χ2n) is 6.01. The minimum absolute atomic E-state index is 0.104. The van der Waals surface area contributed by atoms with Crippen LogP contribution in [0.5, 0.6) is 11.6 Å². The predicted octanol–water partition coefficient (Wildman–Crippen LogP) is 3.08. The number of benzene rings is 1. The van der Waals surface area contributed by atoms with Crippen LogP contribution in [0.2, 0.25) is 0 Å². The highest BCUT2D eigenvalue weighted by Crippen LogP contribution is 2.29. The molecule has 1 saturated heterocycles. The molecule has 27 heavy (non-hydrogen) atoms. The first-order chi connectivity index (χ1) is 12.8.